The summed E-state index contributed by atoms with van der Waals surface area (Å²) in [6.45, 7) is 0.597. The summed E-state index contributed by atoms with van der Waals surface area (Å²) in [5.74, 6) is 0.627. The van der Waals surface area contributed by atoms with Crippen molar-refractivity contribution < 1.29 is 4.79 Å². The Labute approximate surface area is 121 Å². The lowest BCUT2D eigenvalue weighted by Gasteiger charge is -2.26. The Kier molecular flexibility index (Phi) is 3.24. The molecule has 0 spiro atoms. The molecule has 2 aromatic rings. The second kappa shape index (κ2) is 5.21. The number of hydrogen-bond donors (Lipinski definition) is 1. The van der Waals surface area contributed by atoms with Gasteiger partial charge in [-0.3, -0.25) is 9.88 Å². The van der Waals surface area contributed by atoms with E-state index in [-0.39, 0.29) is 0 Å². The largest absolute Gasteiger partial charge is 0.351 e. The van der Waals surface area contributed by atoms with Gasteiger partial charge in [-0.1, -0.05) is 0 Å². The van der Waals surface area contributed by atoms with Gasteiger partial charge < -0.3 is 5.73 Å². The number of nitriles is 1. The summed E-state index contributed by atoms with van der Waals surface area (Å²) in [7, 11) is 0. The maximum absolute atomic E-state index is 11.4. The zero-order chi connectivity index (χ0) is 14.8. The maximum Gasteiger partial charge on any atom is 0.320 e. The van der Waals surface area contributed by atoms with Crippen molar-refractivity contribution in [3.63, 3.8) is 0 Å². The molecule has 0 fully saturated rings. The highest BCUT2D eigenvalue weighted by molar-refractivity contribution is 5.91. The number of pyridine rings is 2. The number of rotatable bonds is 1. The van der Waals surface area contributed by atoms with Crippen LogP contribution >= 0.6 is 0 Å². The molecule has 0 aliphatic carbocycles. The third-order valence-electron chi connectivity index (χ3n) is 3.49. The highest BCUT2D eigenvalue weighted by atomic mass is 16.2. The fourth-order valence-corrected chi connectivity index (χ4v) is 2.50. The molecule has 2 N–H and O–H groups in total. The molecule has 21 heavy (non-hydrogen) atoms. The molecule has 0 radical (unpaired) electrons. The fourth-order valence-electron chi connectivity index (χ4n) is 2.50. The standard InChI is InChI=1S/C15H13N5O/c16-6-10-4-12(8-18-7-10)13-5-11-2-1-3-20(15(17)21)14(11)19-9-13/h4-5,7-9H,1-3H2,(H2,17,21). The van der Waals surface area contributed by atoms with Crippen molar-refractivity contribution in [2.24, 2.45) is 5.73 Å². The summed E-state index contributed by atoms with van der Waals surface area (Å²) in [6, 6.07) is 5.34. The van der Waals surface area contributed by atoms with Crippen LogP contribution < -0.4 is 10.6 Å². The van der Waals surface area contributed by atoms with Gasteiger partial charge in [0.15, 0.2) is 0 Å². The Morgan fingerprint density at radius 2 is 2.10 bits per heavy atom. The van der Waals surface area contributed by atoms with E-state index in [4.69, 9.17) is 11.0 Å². The molecule has 0 aromatic carbocycles. The number of nitrogens with zero attached hydrogens (tertiary/aromatic N) is 4. The molecule has 3 rings (SSSR count). The van der Waals surface area contributed by atoms with Gasteiger partial charge in [0, 0.05) is 36.3 Å². The van der Waals surface area contributed by atoms with Crippen LogP contribution in [0.25, 0.3) is 11.1 Å². The summed E-state index contributed by atoms with van der Waals surface area (Å²) in [6.07, 6.45) is 6.60. The minimum absolute atomic E-state index is 0.482. The molecule has 0 atom stereocenters. The molecule has 0 saturated carbocycles. The number of carbonyl (C=O) groups excluding carboxylic acids is 1. The lowest BCUT2D eigenvalue weighted by atomic mass is 10.0. The molecule has 0 saturated heterocycles. The van der Waals surface area contributed by atoms with E-state index in [1.807, 2.05) is 6.07 Å². The number of nitrogens with two attached hydrogens (primary N) is 1. The van der Waals surface area contributed by atoms with Crippen molar-refractivity contribution >= 4 is 11.8 Å². The Morgan fingerprint density at radius 1 is 1.29 bits per heavy atom. The van der Waals surface area contributed by atoms with E-state index in [9.17, 15) is 4.79 Å². The van der Waals surface area contributed by atoms with Crippen LogP contribution in [0.4, 0.5) is 10.6 Å². The van der Waals surface area contributed by atoms with E-state index in [0.717, 1.165) is 29.5 Å². The number of primary amides is 1. The number of urea groups is 1. The molecule has 6 heteroatoms. The van der Waals surface area contributed by atoms with Crippen LogP contribution in [0, 0.1) is 11.3 Å². The Bertz CT molecular complexity index is 750. The maximum atomic E-state index is 11.4. The minimum atomic E-state index is -0.482. The van der Waals surface area contributed by atoms with Gasteiger partial charge in [0.1, 0.15) is 11.9 Å². The molecular formula is C15H13N5O. The first-order chi connectivity index (χ1) is 10.2. The van der Waals surface area contributed by atoms with E-state index >= 15 is 0 Å². The quantitative estimate of drug-likeness (QED) is 0.861. The van der Waals surface area contributed by atoms with E-state index in [2.05, 4.69) is 16.0 Å². The third kappa shape index (κ3) is 2.41. The molecule has 104 valence electrons. The zero-order valence-corrected chi connectivity index (χ0v) is 11.3. The average molecular weight is 279 g/mol. The van der Waals surface area contributed by atoms with Crippen LogP contribution in [0.3, 0.4) is 0 Å². The molecule has 2 amide bonds. The SMILES string of the molecule is N#Cc1cncc(-c2cnc3c(c2)CCCN3C(N)=O)c1. The van der Waals surface area contributed by atoms with Crippen molar-refractivity contribution in [2.45, 2.75) is 12.8 Å². The molecule has 0 bridgehead atoms. The third-order valence-corrected chi connectivity index (χ3v) is 3.49. The van der Waals surface area contributed by atoms with Crippen LogP contribution in [0.5, 0.6) is 0 Å². The van der Waals surface area contributed by atoms with Crippen LogP contribution in [0.15, 0.2) is 30.7 Å². The van der Waals surface area contributed by atoms with Gasteiger partial charge in [0.05, 0.1) is 5.56 Å². The highest BCUT2D eigenvalue weighted by Crippen LogP contribution is 2.29. The second-order valence-corrected chi connectivity index (χ2v) is 4.87. The lowest BCUT2D eigenvalue weighted by Crippen LogP contribution is -2.40. The Balaban J connectivity index is 2.03. The van der Waals surface area contributed by atoms with Gasteiger partial charge in [0.25, 0.3) is 0 Å². The van der Waals surface area contributed by atoms with Gasteiger partial charge in [-0.25, -0.2) is 9.78 Å². The van der Waals surface area contributed by atoms with Crippen molar-refractivity contribution in [1.82, 2.24) is 9.97 Å². The smallest absolute Gasteiger partial charge is 0.320 e. The summed E-state index contributed by atoms with van der Waals surface area (Å²) >= 11 is 0. The van der Waals surface area contributed by atoms with Crippen molar-refractivity contribution in [2.75, 3.05) is 11.4 Å². The van der Waals surface area contributed by atoms with E-state index in [1.54, 1.807) is 18.5 Å². The topological polar surface area (TPSA) is 95.9 Å². The van der Waals surface area contributed by atoms with E-state index in [0.29, 0.717) is 17.9 Å². The highest BCUT2D eigenvalue weighted by Gasteiger charge is 2.22. The number of aromatic nitrogens is 2. The van der Waals surface area contributed by atoms with Crippen LogP contribution in [-0.2, 0) is 6.42 Å². The summed E-state index contributed by atoms with van der Waals surface area (Å²) in [4.78, 5) is 21.3. The van der Waals surface area contributed by atoms with Gasteiger partial charge in [0.2, 0.25) is 0 Å². The number of fused-ring (bicyclic) bond motifs is 1. The first-order valence-electron chi connectivity index (χ1n) is 6.60. The number of hydrogen-bond acceptors (Lipinski definition) is 4. The van der Waals surface area contributed by atoms with Gasteiger partial charge in [-0.15, -0.1) is 0 Å². The van der Waals surface area contributed by atoms with Crippen molar-refractivity contribution in [1.29, 1.82) is 5.26 Å². The molecule has 6 nitrogen and oxygen atoms in total. The number of amides is 2. The molecule has 1 aliphatic heterocycles. The van der Waals surface area contributed by atoms with Crippen LogP contribution in [0.2, 0.25) is 0 Å². The number of anilines is 1. The van der Waals surface area contributed by atoms with Crippen LogP contribution in [0.1, 0.15) is 17.5 Å². The molecule has 1 aliphatic rings. The first kappa shape index (κ1) is 13.1. The van der Waals surface area contributed by atoms with Crippen LogP contribution in [-0.4, -0.2) is 22.5 Å². The van der Waals surface area contributed by atoms with Crippen molar-refractivity contribution in [3.05, 3.63) is 41.9 Å². The van der Waals surface area contributed by atoms with E-state index < -0.39 is 6.03 Å². The Hall–Kier alpha value is -2.94. The summed E-state index contributed by atoms with van der Waals surface area (Å²) < 4.78 is 0. The first-order valence-corrected chi connectivity index (χ1v) is 6.60. The Morgan fingerprint density at radius 3 is 2.86 bits per heavy atom. The van der Waals surface area contributed by atoms with Crippen molar-refractivity contribution in [3.8, 4) is 17.2 Å². The minimum Gasteiger partial charge on any atom is -0.351 e. The van der Waals surface area contributed by atoms with Gasteiger partial charge >= 0.3 is 6.03 Å². The normalized spacial score (nSPS) is 13.4. The number of carbonyl (C=O) groups is 1. The van der Waals surface area contributed by atoms with E-state index in [1.165, 1.54) is 11.1 Å². The predicted molar refractivity (Wildman–Crippen MR) is 77.4 cm³/mol. The molecular weight excluding hydrogens is 266 g/mol. The summed E-state index contributed by atoms with van der Waals surface area (Å²) in [5.41, 5.74) is 8.57. The average Bonchev–Trinajstić information content (AvgIpc) is 2.53. The van der Waals surface area contributed by atoms with Gasteiger partial charge in [-0.2, -0.15) is 5.26 Å². The number of aryl methyl sites for hydroxylation is 1. The summed E-state index contributed by atoms with van der Waals surface area (Å²) in [5, 5.41) is 8.93. The lowest BCUT2D eigenvalue weighted by molar-refractivity contribution is 0.253. The molecule has 0 unspecified atom stereocenters. The molecule has 2 aromatic heterocycles. The molecule has 3 heterocycles. The fraction of sp³-hybridized carbons (Fsp3) is 0.200. The monoisotopic (exact) mass is 279 g/mol. The second-order valence-electron chi connectivity index (χ2n) is 4.87. The predicted octanol–water partition coefficient (Wildman–Crippen LogP) is 1.85. The van der Waals surface area contributed by atoms with Gasteiger partial charge in [-0.05, 0) is 30.5 Å². The zero-order valence-electron chi connectivity index (χ0n) is 11.3.